The standard InChI is InChI=1S/C26H32N4OS/c1-4-26(2,3)30-12-9-20(10-13-30)32-21-7-8-24-22(16-21)25-28-23(18-29(25)14-15-31-24)19-6-5-11-27-17-19/h5-8,11,16-18,20H,4,9-10,12-15H2,1-3H3. The zero-order chi connectivity index (χ0) is 22.1. The first-order valence-electron chi connectivity index (χ1n) is 11.7. The fourth-order valence-electron chi connectivity index (χ4n) is 4.59. The molecule has 5 rings (SSSR count). The summed E-state index contributed by atoms with van der Waals surface area (Å²) in [6, 6.07) is 10.6. The molecule has 0 saturated carbocycles. The molecule has 6 heteroatoms. The molecule has 5 nitrogen and oxygen atoms in total. The molecule has 0 amide bonds. The molecule has 2 aliphatic heterocycles. The second-order valence-corrected chi connectivity index (χ2v) is 10.7. The van der Waals surface area contributed by atoms with Crippen molar-refractivity contribution < 1.29 is 4.74 Å². The van der Waals surface area contributed by atoms with E-state index in [9.17, 15) is 0 Å². The van der Waals surface area contributed by atoms with Gasteiger partial charge in [0.1, 0.15) is 18.2 Å². The van der Waals surface area contributed by atoms with E-state index in [-0.39, 0.29) is 0 Å². The van der Waals surface area contributed by atoms with Gasteiger partial charge in [0.2, 0.25) is 0 Å². The number of imidazole rings is 1. The van der Waals surface area contributed by atoms with Gasteiger partial charge in [0.05, 0.1) is 17.8 Å². The average Bonchev–Trinajstić information content (AvgIpc) is 3.17. The first kappa shape index (κ1) is 21.5. The number of piperidine rings is 1. The van der Waals surface area contributed by atoms with Crippen molar-refractivity contribution in [3.05, 3.63) is 48.9 Å². The Morgan fingerprint density at radius 3 is 2.75 bits per heavy atom. The van der Waals surface area contributed by atoms with Gasteiger partial charge in [0, 0.05) is 39.8 Å². The van der Waals surface area contributed by atoms with Gasteiger partial charge in [-0.15, -0.1) is 11.8 Å². The number of likely N-dealkylation sites (tertiary alicyclic amines) is 1. The molecule has 0 radical (unpaired) electrons. The number of ether oxygens (including phenoxy) is 1. The summed E-state index contributed by atoms with van der Waals surface area (Å²) in [7, 11) is 0. The summed E-state index contributed by atoms with van der Waals surface area (Å²) in [6.07, 6.45) is 9.46. The third-order valence-electron chi connectivity index (χ3n) is 6.98. The smallest absolute Gasteiger partial charge is 0.144 e. The van der Waals surface area contributed by atoms with Crippen molar-refractivity contribution in [1.29, 1.82) is 0 Å². The molecule has 168 valence electrons. The lowest BCUT2D eigenvalue weighted by Gasteiger charge is -2.42. The molecule has 1 aromatic carbocycles. The zero-order valence-electron chi connectivity index (χ0n) is 19.3. The number of hydrogen-bond donors (Lipinski definition) is 0. The average molecular weight is 449 g/mol. The van der Waals surface area contributed by atoms with Crippen LogP contribution in [-0.4, -0.2) is 49.9 Å². The Bertz CT molecular complexity index is 1070. The summed E-state index contributed by atoms with van der Waals surface area (Å²) in [5.74, 6) is 1.91. The predicted molar refractivity (Wildman–Crippen MR) is 131 cm³/mol. The summed E-state index contributed by atoms with van der Waals surface area (Å²) in [5, 5.41) is 0.661. The topological polar surface area (TPSA) is 43.2 Å². The van der Waals surface area contributed by atoms with Crippen molar-refractivity contribution in [2.75, 3.05) is 19.7 Å². The van der Waals surface area contributed by atoms with Crippen LogP contribution in [0.4, 0.5) is 0 Å². The molecule has 3 aromatic rings. The van der Waals surface area contributed by atoms with Crippen molar-refractivity contribution in [2.45, 2.75) is 62.3 Å². The Labute approximate surface area is 195 Å². The SMILES string of the molecule is CCC(C)(C)N1CCC(Sc2ccc3c(c2)-c2nc(-c4cccnc4)cn2CCO3)CC1. The van der Waals surface area contributed by atoms with Crippen molar-refractivity contribution in [3.8, 4) is 28.4 Å². The molecule has 4 heterocycles. The Morgan fingerprint density at radius 2 is 2.00 bits per heavy atom. The summed E-state index contributed by atoms with van der Waals surface area (Å²) in [5.41, 5.74) is 3.40. The quantitative estimate of drug-likeness (QED) is 0.497. The largest absolute Gasteiger partial charge is 0.491 e. The van der Waals surface area contributed by atoms with E-state index in [1.165, 1.54) is 37.2 Å². The summed E-state index contributed by atoms with van der Waals surface area (Å²) in [4.78, 5) is 13.2. The van der Waals surface area contributed by atoms with Crippen LogP contribution in [-0.2, 0) is 6.54 Å². The Kier molecular flexibility index (Phi) is 5.99. The maximum atomic E-state index is 6.05. The van der Waals surface area contributed by atoms with Crippen LogP contribution in [0.2, 0.25) is 0 Å². The van der Waals surface area contributed by atoms with E-state index in [0.29, 0.717) is 17.4 Å². The van der Waals surface area contributed by atoms with Gasteiger partial charge in [0.25, 0.3) is 0 Å². The van der Waals surface area contributed by atoms with Crippen LogP contribution < -0.4 is 4.74 Å². The van der Waals surface area contributed by atoms with E-state index in [1.54, 1.807) is 6.20 Å². The fraction of sp³-hybridized carbons (Fsp3) is 0.462. The number of hydrogen-bond acceptors (Lipinski definition) is 5. The predicted octanol–water partition coefficient (Wildman–Crippen LogP) is 5.75. The second kappa shape index (κ2) is 8.91. The number of benzene rings is 1. The third-order valence-corrected chi connectivity index (χ3v) is 8.31. The maximum absolute atomic E-state index is 6.05. The fourth-order valence-corrected chi connectivity index (χ4v) is 5.75. The van der Waals surface area contributed by atoms with Gasteiger partial charge >= 0.3 is 0 Å². The number of fused-ring (bicyclic) bond motifs is 3. The van der Waals surface area contributed by atoms with Gasteiger partial charge in [-0.05, 0) is 76.5 Å². The Hall–Kier alpha value is -2.31. The molecule has 0 atom stereocenters. The molecule has 2 aliphatic rings. The number of rotatable bonds is 5. The van der Waals surface area contributed by atoms with Crippen molar-refractivity contribution >= 4 is 11.8 Å². The van der Waals surface area contributed by atoms with E-state index < -0.39 is 0 Å². The molecule has 32 heavy (non-hydrogen) atoms. The highest BCUT2D eigenvalue weighted by Crippen LogP contribution is 2.39. The Morgan fingerprint density at radius 1 is 1.16 bits per heavy atom. The molecule has 0 unspecified atom stereocenters. The second-order valence-electron chi connectivity index (χ2n) is 9.36. The molecule has 2 aromatic heterocycles. The van der Waals surface area contributed by atoms with Crippen molar-refractivity contribution in [1.82, 2.24) is 19.4 Å². The van der Waals surface area contributed by atoms with E-state index in [0.717, 1.165) is 34.9 Å². The molecule has 0 N–H and O–H groups in total. The van der Waals surface area contributed by atoms with E-state index in [2.05, 4.69) is 65.7 Å². The lowest BCUT2D eigenvalue weighted by Crippen LogP contribution is -2.48. The van der Waals surface area contributed by atoms with Gasteiger partial charge in [0.15, 0.2) is 0 Å². The third kappa shape index (κ3) is 4.30. The maximum Gasteiger partial charge on any atom is 0.144 e. The van der Waals surface area contributed by atoms with Crippen LogP contribution >= 0.6 is 11.8 Å². The number of nitrogens with zero attached hydrogens (tertiary/aromatic N) is 4. The van der Waals surface area contributed by atoms with Crippen LogP contribution in [0.5, 0.6) is 5.75 Å². The molecule has 1 saturated heterocycles. The molecule has 0 spiro atoms. The molecular weight excluding hydrogens is 416 g/mol. The lowest BCUT2D eigenvalue weighted by atomic mass is 9.96. The number of thioether (sulfide) groups is 1. The van der Waals surface area contributed by atoms with Gasteiger partial charge in [-0.2, -0.15) is 0 Å². The molecule has 0 aliphatic carbocycles. The summed E-state index contributed by atoms with van der Waals surface area (Å²) >= 11 is 2.01. The van der Waals surface area contributed by atoms with Gasteiger partial charge in [-0.3, -0.25) is 9.88 Å². The minimum Gasteiger partial charge on any atom is -0.491 e. The van der Waals surface area contributed by atoms with Crippen molar-refractivity contribution in [3.63, 3.8) is 0 Å². The summed E-state index contributed by atoms with van der Waals surface area (Å²) < 4.78 is 8.27. The summed E-state index contributed by atoms with van der Waals surface area (Å²) in [6.45, 7) is 10.9. The highest BCUT2D eigenvalue weighted by molar-refractivity contribution is 8.00. The van der Waals surface area contributed by atoms with Crippen LogP contribution in [0.1, 0.15) is 40.0 Å². The van der Waals surface area contributed by atoms with E-state index in [1.807, 2.05) is 24.0 Å². The zero-order valence-corrected chi connectivity index (χ0v) is 20.1. The van der Waals surface area contributed by atoms with Gasteiger partial charge < -0.3 is 9.30 Å². The minimum absolute atomic E-state index is 0.306. The van der Waals surface area contributed by atoms with Crippen LogP contribution in [0.3, 0.4) is 0 Å². The van der Waals surface area contributed by atoms with Crippen LogP contribution in [0, 0.1) is 0 Å². The number of aromatic nitrogens is 3. The number of pyridine rings is 1. The first-order valence-corrected chi connectivity index (χ1v) is 12.6. The van der Waals surface area contributed by atoms with Crippen LogP contribution in [0.15, 0.2) is 53.8 Å². The lowest BCUT2D eigenvalue weighted by molar-refractivity contribution is 0.0942. The van der Waals surface area contributed by atoms with Gasteiger partial charge in [-0.1, -0.05) is 6.92 Å². The minimum atomic E-state index is 0.306. The monoisotopic (exact) mass is 448 g/mol. The van der Waals surface area contributed by atoms with E-state index in [4.69, 9.17) is 9.72 Å². The highest BCUT2D eigenvalue weighted by atomic mass is 32.2. The first-order chi connectivity index (χ1) is 15.5. The van der Waals surface area contributed by atoms with E-state index >= 15 is 0 Å². The van der Waals surface area contributed by atoms with Crippen molar-refractivity contribution in [2.24, 2.45) is 0 Å². The van der Waals surface area contributed by atoms with Gasteiger partial charge in [-0.25, -0.2) is 4.98 Å². The molecule has 1 fully saturated rings. The Balaban J connectivity index is 1.36. The molecule has 0 bridgehead atoms. The van der Waals surface area contributed by atoms with Crippen LogP contribution in [0.25, 0.3) is 22.6 Å². The molecular formula is C26H32N4OS. The normalized spacial score (nSPS) is 17.3. The highest BCUT2D eigenvalue weighted by Gasteiger charge is 2.29.